The fourth-order valence-electron chi connectivity index (χ4n) is 2.57. The third kappa shape index (κ3) is 3.13. The molecular weight excluding hydrogens is 306 g/mol. The Hall–Kier alpha value is -3.12. The fraction of sp³-hybridized carbons (Fsp3) is 0.111. The average Bonchev–Trinajstić information content (AvgIpc) is 3.05. The molecule has 0 aliphatic carbocycles. The standard InChI is InChI=1S/C18H17N3O3/c1-11(12-6-4-7-14(9-12)17(22)21-24)19-18(23)16-10-13-5-2-3-8-15(13)20-16/h2-11,20,24H,1H3,(H,19,23)(H,21,22). The van der Waals surface area contributed by atoms with E-state index in [-0.39, 0.29) is 11.9 Å². The molecule has 2 aromatic carbocycles. The molecule has 122 valence electrons. The lowest BCUT2D eigenvalue weighted by Gasteiger charge is -2.14. The predicted octanol–water partition coefficient (Wildman–Crippen LogP) is 2.78. The molecule has 0 aliphatic heterocycles. The number of fused-ring (bicyclic) bond motifs is 1. The number of rotatable bonds is 4. The first-order valence-corrected chi connectivity index (χ1v) is 7.51. The molecule has 1 heterocycles. The van der Waals surface area contributed by atoms with Crippen LogP contribution in [0.4, 0.5) is 0 Å². The van der Waals surface area contributed by atoms with Gasteiger partial charge in [0.25, 0.3) is 11.8 Å². The zero-order valence-electron chi connectivity index (χ0n) is 13.0. The summed E-state index contributed by atoms with van der Waals surface area (Å²) in [5.74, 6) is -0.818. The molecule has 0 fully saturated rings. The number of aromatic nitrogens is 1. The van der Waals surface area contributed by atoms with Gasteiger partial charge in [-0.25, -0.2) is 5.48 Å². The topological polar surface area (TPSA) is 94.2 Å². The average molecular weight is 323 g/mol. The first-order valence-electron chi connectivity index (χ1n) is 7.51. The van der Waals surface area contributed by atoms with E-state index in [9.17, 15) is 9.59 Å². The highest BCUT2D eigenvalue weighted by molar-refractivity contribution is 5.98. The van der Waals surface area contributed by atoms with Gasteiger partial charge >= 0.3 is 0 Å². The van der Waals surface area contributed by atoms with Crippen molar-refractivity contribution in [3.63, 3.8) is 0 Å². The largest absolute Gasteiger partial charge is 0.351 e. The Bertz CT molecular complexity index is 868. The van der Waals surface area contributed by atoms with Crippen LogP contribution in [-0.2, 0) is 0 Å². The second-order valence-corrected chi connectivity index (χ2v) is 5.53. The van der Waals surface area contributed by atoms with E-state index in [1.807, 2.05) is 37.3 Å². The number of para-hydroxylation sites is 1. The Morgan fingerprint density at radius 2 is 1.83 bits per heavy atom. The van der Waals surface area contributed by atoms with Crippen molar-refractivity contribution in [3.05, 3.63) is 71.4 Å². The van der Waals surface area contributed by atoms with Gasteiger partial charge in [-0.15, -0.1) is 0 Å². The summed E-state index contributed by atoms with van der Waals surface area (Å²) in [5.41, 5.74) is 4.06. The summed E-state index contributed by atoms with van der Waals surface area (Å²) < 4.78 is 0. The maximum atomic E-state index is 12.4. The van der Waals surface area contributed by atoms with Crippen LogP contribution in [0.3, 0.4) is 0 Å². The van der Waals surface area contributed by atoms with Gasteiger partial charge in [-0.3, -0.25) is 14.8 Å². The number of hydrogen-bond acceptors (Lipinski definition) is 3. The molecule has 0 aliphatic rings. The Labute approximate surface area is 138 Å². The summed E-state index contributed by atoms with van der Waals surface area (Å²) in [4.78, 5) is 27.0. The van der Waals surface area contributed by atoms with Gasteiger partial charge in [0.2, 0.25) is 0 Å². The Morgan fingerprint density at radius 1 is 1.04 bits per heavy atom. The molecule has 3 aromatic rings. The summed E-state index contributed by atoms with van der Waals surface area (Å²) in [7, 11) is 0. The second-order valence-electron chi connectivity index (χ2n) is 5.53. The minimum atomic E-state index is -0.592. The van der Waals surface area contributed by atoms with Crippen LogP contribution in [0.1, 0.15) is 39.4 Å². The first kappa shape index (κ1) is 15.8. The van der Waals surface area contributed by atoms with Crippen molar-refractivity contribution in [1.29, 1.82) is 0 Å². The van der Waals surface area contributed by atoms with Crippen molar-refractivity contribution in [2.45, 2.75) is 13.0 Å². The number of hydroxylamine groups is 1. The van der Waals surface area contributed by atoms with Gasteiger partial charge in [0, 0.05) is 16.5 Å². The molecule has 0 saturated carbocycles. The normalized spacial score (nSPS) is 11.9. The number of hydrogen-bond donors (Lipinski definition) is 4. The maximum Gasteiger partial charge on any atom is 0.274 e. The lowest BCUT2D eigenvalue weighted by Crippen LogP contribution is -2.27. The second kappa shape index (κ2) is 6.55. The molecule has 0 spiro atoms. The van der Waals surface area contributed by atoms with Crippen LogP contribution in [0.25, 0.3) is 10.9 Å². The highest BCUT2D eigenvalue weighted by atomic mass is 16.5. The molecule has 0 radical (unpaired) electrons. The van der Waals surface area contributed by atoms with Crippen LogP contribution in [0, 0.1) is 0 Å². The van der Waals surface area contributed by atoms with Gasteiger partial charge in [0.1, 0.15) is 5.69 Å². The zero-order valence-corrected chi connectivity index (χ0v) is 13.0. The van der Waals surface area contributed by atoms with Crippen LogP contribution >= 0.6 is 0 Å². The predicted molar refractivity (Wildman–Crippen MR) is 89.9 cm³/mol. The van der Waals surface area contributed by atoms with Crippen LogP contribution < -0.4 is 10.8 Å². The molecule has 6 heteroatoms. The number of benzene rings is 2. The summed E-state index contributed by atoms with van der Waals surface area (Å²) in [5, 5.41) is 12.6. The van der Waals surface area contributed by atoms with E-state index in [2.05, 4.69) is 10.3 Å². The molecule has 0 saturated heterocycles. The van der Waals surface area contributed by atoms with Gasteiger partial charge in [0.15, 0.2) is 0 Å². The van der Waals surface area contributed by atoms with Crippen molar-refractivity contribution in [2.24, 2.45) is 0 Å². The summed E-state index contributed by atoms with van der Waals surface area (Å²) in [6, 6.07) is 15.9. The minimum Gasteiger partial charge on any atom is -0.351 e. The molecule has 2 amide bonds. The van der Waals surface area contributed by atoms with E-state index in [1.165, 1.54) is 0 Å². The van der Waals surface area contributed by atoms with E-state index in [1.54, 1.807) is 29.7 Å². The third-order valence-corrected chi connectivity index (χ3v) is 3.87. The van der Waals surface area contributed by atoms with E-state index < -0.39 is 5.91 Å². The molecule has 1 aromatic heterocycles. The maximum absolute atomic E-state index is 12.4. The zero-order chi connectivity index (χ0) is 17.1. The van der Waals surface area contributed by atoms with Gasteiger partial charge in [0.05, 0.1) is 6.04 Å². The number of amides is 2. The van der Waals surface area contributed by atoms with Crippen LogP contribution in [0.2, 0.25) is 0 Å². The summed E-state index contributed by atoms with van der Waals surface area (Å²) in [6.07, 6.45) is 0. The molecule has 1 unspecified atom stereocenters. The minimum absolute atomic E-state index is 0.226. The molecule has 24 heavy (non-hydrogen) atoms. The van der Waals surface area contributed by atoms with Crippen molar-refractivity contribution in [1.82, 2.24) is 15.8 Å². The highest BCUT2D eigenvalue weighted by Crippen LogP contribution is 2.17. The van der Waals surface area contributed by atoms with Crippen molar-refractivity contribution < 1.29 is 14.8 Å². The van der Waals surface area contributed by atoms with E-state index >= 15 is 0 Å². The third-order valence-electron chi connectivity index (χ3n) is 3.87. The van der Waals surface area contributed by atoms with Gasteiger partial charge in [-0.1, -0.05) is 30.3 Å². The molecule has 3 rings (SSSR count). The van der Waals surface area contributed by atoms with Gasteiger partial charge in [-0.2, -0.15) is 0 Å². The lowest BCUT2D eigenvalue weighted by molar-refractivity contribution is 0.0706. The van der Waals surface area contributed by atoms with E-state index in [0.29, 0.717) is 11.3 Å². The van der Waals surface area contributed by atoms with Crippen molar-refractivity contribution >= 4 is 22.7 Å². The molecule has 1 atom stereocenters. The quantitative estimate of drug-likeness (QED) is 0.439. The fourth-order valence-corrected chi connectivity index (χ4v) is 2.57. The number of carbonyl (C=O) groups is 2. The lowest BCUT2D eigenvalue weighted by atomic mass is 10.0. The van der Waals surface area contributed by atoms with Crippen LogP contribution in [0.15, 0.2) is 54.6 Å². The number of nitrogens with one attached hydrogen (secondary N) is 3. The Morgan fingerprint density at radius 3 is 2.58 bits per heavy atom. The monoisotopic (exact) mass is 323 g/mol. The molecular formula is C18H17N3O3. The summed E-state index contributed by atoms with van der Waals surface area (Å²) >= 11 is 0. The van der Waals surface area contributed by atoms with E-state index in [0.717, 1.165) is 16.5 Å². The van der Waals surface area contributed by atoms with Crippen molar-refractivity contribution in [2.75, 3.05) is 0 Å². The molecule has 6 nitrogen and oxygen atoms in total. The number of aromatic amines is 1. The highest BCUT2D eigenvalue weighted by Gasteiger charge is 2.15. The molecule has 0 bridgehead atoms. The van der Waals surface area contributed by atoms with Crippen LogP contribution in [-0.4, -0.2) is 22.0 Å². The SMILES string of the molecule is CC(NC(=O)c1cc2ccccc2[nH]1)c1cccc(C(=O)NO)c1. The first-order chi connectivity index (χ1) is 11.6. The van der Waals surface area contributed by atoms with Crippen LogP contribution in [0.5, 0.6) is 0 Å². The van der Waals surface area contributed by atoms with Crippen molar-refractivity contribution in [3.8, 4) is 0 Å². The summed E-state index contributed by atoms with van der Waals surface area (Å²) in [6.45, 7) is 1.83. The molecule has 4 N–H and O–H groups in total. The Balaban J connectivity index is 1.77. The Kier molecular flexibility index (Phi) is 4.31. The number of carbonyl (C=O) groups excluding carboxylic acids is 2. The van der Waals surface area contributed by atoms with Gasteiger partial charge < -0.3 is 10.3 Å². The van der Waals surface area contributed by atoms with Gasteiger partial charge in [-0.05, 0) is 36.8 Å². The number of H-pyrrole nitrogens is 1. The van der Waals surface area contributed by atoms with E-state index in [4.69, 9.17) is 5.21 Å². The smallest absolute Gasteiger partial charge is 0.274 e.